The highest BCUT2D eigenvalue weighted by atomic mass is 16.2. The summed E-state index contributed by atoms with van der Waals surface area (Å²) in [5, 5.41) is 10.1. The fraction of sp³-hybridized carbons (Fsp3) is 0.538. The minimum absolute atomic E-state index is 0.122. The SMILES string of the molecule is NCCCCN1CCCC(C2=CC3=CN(c4ccc(CNCCCN=C(N)N)cc4)C(=O)NC3N2)C1. The number of carbonyl (C=O) groups excluding carboxylic acids is 1. The predicted molar refractivity (Wildman–Crippen MR) is 145 cm³/mol. The average molecular weight is 496 g/mol. The summed E-state index contributed by atoms with van der Waals surface area (Å²) < 4.78 is 0. The van der Waals surface area contributed by atoms with Gasteiger partial charge >= 0.3 is 6.03 Å². The van der Waals surface area contributed by atoms with Crippen LogP contribution in [0.4, 0.5) is 10.5 Å². The molecule has 9 N–H and O–H groups in total. The number of aliphatic imine (C=N–C) groups is 1. The molecule has 3 aliphatic rings. The summed E-state index contributed by atoms with van der Waals surface area (Å²) >= 11 is 0. The highest BCUT2D eigenvalue weighted by molar-refractivity contribution is 5.96. The van der Waals surface area contributed by atoms with Crippen molar-refractivity contribution in [2.45, 2.75) is 44.8 Å². The van der Waals surface area contributed by atoms with Crippen molar-refractivity contribution in [2.75, 3.05) is 44.2 Å². The zero-order chi connectivity index (χ0) is 25.3. The Kier molecular flexibility index (Phi) is 9.21. The Morgan fingerprint density at radius 1 is 1.14 bits per heavy atom. The lowest BCUT2D eigenvalue weighted by Crippen LogP contribution is -2.52. The van der Waals surface area contributed by atoms with Crippen molar-refractivity contribution < 1.29 is 4.79 Å². The van der Waals surface area contributed by atoms with Gasteiger partial charge in [-0.3, -0.25) is 9.89 Å². The topological polar surface area (TPSA) is 150 Å². The lowest BCUT2D eigenvalue weighted by Gasteiger charge is -2.34. The van der Waals surface area contributed by atoms with Gasteiger partial charge in [0.15, 0.2) is 5.96 Å². The first-order chi connectivity index (χ1) is 17.5. The van der Waals surface area contributed by atoms with Crippen LogP contribution in [0.1, 0.15) is 37.7 Å². The molecule has 0 bridgehead atoms. The third-order valence-electron chi connectivity index (χ3n) is 6.95. The molecule has 10 nitrogen and oxygen atoms in total. The summed E-state index contributed by atoms with van der Waals surface area (Å²) in [5.74, 6) is 0.600. The van der Waals surface area contributed by atoms with Crippen LogP contribution in [0.15, 0.2) is 52.8 Å². The fourth-order valence-corrected chi connectivity index (χ4v) is 5.03. The Labute approximate surface area is 214 Å². The molecule has 196 valence electrons. The van der Waals surface area contributed by atoms with E-state index in [1.165, 1.54) is 18.5 Å². The summed E-state index contributed by atoms with van der Waals surface area (Å²) in [5.41, 5.74) is 20.7. The molecular weight excluding hydrogens is 454 g/mol. The van der Waals surface area contributed by atoms with E-state index in [9.17, 15) is 4.79 Å². The van der Waals surface area contributed by atoms with Crippen molar-refractivity contribution in [3.05, 3.63) is 53.4 Å². The third-order valence-corrected chi connectivity index (χ3v) is 6.95. The van der Waals surface area contributed by atoms with Crippen LogP contribution in [0, 0.1) is 5.92 Å². The molecule has 0 aliphatic carbocycles. The number of fused-ring (bicyclic) bond motifs is 1. The molecule has 4 rings (SSSR count). The van der Waals surface area contributed by atoms with Gasteiger partial charge in [0.25, 0.3) is 0 Å². The quantitative estimate of drug-likeness (QED) is 0.144. The Morgan fingerprint density at radius 3 is 2.75 bits per heavy atom. The van der Waals surface area contributed by atoms with E-state index in [-0.39, 0.29) is 18.2 Å². The van der Waals surface area contributed by atoms with E-state index in [4.69, 9.17) is 17.2 Å². The number of guanidine groups is 1. The van der Waals surface area contributed by atoms with Crippen molar-refractivity contribution in [3.8, 4) is 0 Å². The van der Waals surface area contributed by atoms with Gasteiger partial charge in [-0.05, 0) is 82.1 Å². The second kappa shape index (κ2) is 12.8. The van der Waals surface area contributed by atoms with Gasteiger partial charge in [-0.25, -0.2) is 4.79 Å². The maximum absolute atomic E-state index is 12.9. The standard InChI is InChI=1S/C26H41N9O/c27-10-1-2-13-34-14-3-5-20(17-34)23-15-21-18-35(26(36)33-24(21)32-23)22-8-6-19(7-9-22)16-30-11-4-12-31-25(28)29/h6-9,15,18,20,24,30,32H,1-5,10-14,16-17,27H2,(H,33,36)(H4,28,29,31). The zero-order valence-electron chi connectivity index (χ0n) is 21.1. The largest absolute Gasteiger partial charge is 0.370 e. The monoisotopic (exact) mass is 495 g/mol. The number of likely N-dealkylation sites (tertiary alicyclic amines) is 1. The lowest BCUT2D eigenvalue weighted by molar-refractivity contribution is 0.184. The summed E-state index contributed by atoms with van der Waals surface area (Å²) in [6.45, 7) is 6.29. The number of carbonyl (C=O) groups is 1. The van der Waals surface area contributed by atoms with E-state index in [1.807, 2.05) is 30.5 Å². The number of unbranched alkanes of at least 4 members (excludes halogenated alkanes) is 1. The molecule has 36 heavy (non-hydrogen) atoms. The number of nitrogens with one attached hydrogen (secondary N) is 3. The van der Waals surface area contributed by atoms with Crippen LogP contribution in [0.5, 0.6) is 0 Å². The fourth-order valence-electron chi connectivity index (χ4n) is 5.03. The van der Waals surface area contributed by atoms with E-state index in [0.717, 1.165) is 75.4 Å². The summed E-state index contributed by atoms with van der Waals surface area (Å²) in [6, 6.07) is 7.95. The average Bonchev–Trinajstić information content (AvgIpc) is 3.29. The van der Waals surface area contributed by atoms with Crippen molar-refractivity contribution >= 4 is 17.7 Å². The lowest BCUT2D eigenvalue weighted by atomic mass is 9.94. The van der Waals surface area contributed by atoms with Gasteiger partial charge in [0.2, 0.25) is 0 Å². The zero-order valence-corrected chi connectivity index (χ0v) is 21.1. The number of piperidine rings is 1. The minimum Gasteiger partial charge on any atom is -0.370 e. The third kappa shape index (κ3) is 6.99. The molecule has 3 heterocycles. The molecule has 3 aliphatic heterocycles. The summed E-state index contributed by atoms with van der Waals surface area (Å²) in [4.78, 5) is 21.1. The first kappa shape index (κ1) is 26.0. The number of benzene rings is 1. The Morgan fingerprint density at radius 2 is 1.97 bits per heavy atom. The Bertz CT molecular complexity index is 968. The van der Waals surface area contributed by atoms with E-state index in [2.05, 4.69) is 31.9 Å². The number of nitrogens with two attached hydrogens (primary N) is 3. The molecule has 10 heteroatoms. The molecule has 2 unspecified atom stereocenters. The van der Waals surface area contributed by atoms with Crippen LogP contribution < -0.4 is 38.1 Å². The van der Waals surface area contributed by atoms with Gasteiger partial charge < -0.3 is 38.1 Å². The first-order valence-electron chi connectivity index (χ1n) is 13.1. The number of anilines is 1. The van der Waals surface area contributed by atoms with Crippen molar-refractivity contribution in [3.63, 3.8) is 0 Å². The molecule has 1 fully saturated rings. The molecule has 0 saturated carbocycles. The van der Waals surface area contributed by atoms with Gasteiger partial charge in [0.05, 0.1) is 5.69 Å². The van der Waals surface area contributed by atoms with Crippen molar-refractivity contribution in [2.24, 2.45) is 28.1 Å². The molecule has 0 radical (unpaired) electrons. The minimum atomic E-state index is -0.154. The van der Waals surface area contributed by atoms with E-state index in [0.29, 0.717) is 12.5 Å². The van der Waals surface area contributed by atoms with Crippen LogP contribution in [0.3, 0.4) is 0 Å². The number of rotatable bonds is 12. The van der Waals surface area contributed by atoms with Crippen LogP contribution in [0.2, 0.25) is 0 Å². The van der Waals surface area contributed by atoms with Crippen molar-refractivity contribution in [1.29, 1.82) is 0 Å². The first-order valence-corrected chi connectivity index (χ1v) is 13.1. The summed E-state index contributed by atoms with van der Waals surface area (Å²) in [6.07, 6.45) is 9.52. The maximum atomic E-state index is 12.9. The van der Waals surface area contributed by atoms with Gasteiger partial charge in [-0.1, -0.05) is 12.1 Å². The summed E-state index contributed by atoms with van der Waals surface area (Å²) in [7, 11) is 0. The molecular formula is C26H41N9O. The number of amides is 2. The Balaban J connectivity index is 1.32. The van der Waals surface area contributed by atoms with E-state index in [1.54, 1.807) is 4.90 Å². The maximum Gasteiger partial charge on any atom is 0.327 e. The van der Waals surface area contributed by atoms with Gasteiger partial charge in [-0.2, -0.15) is 0 Å². The number of hydrogen-bond donors (Lipinski definition) is 6. The van der Waals surface area contributed by atoms with Gasteiger partial charge in [0, 0.05) is 43.0 Å². The normalized spacial score (nSPS) is 21.8. The van der Waals surface area contributed by atoms with Crippen LogP contribution >= 0.6 is 0 Å². The molecule has 0 aromatic heterocycles. The second-order valence-corrected chi connectivity index (χ2v) is 9.76. The number of urea groups is 1. The number of hydrogen-bond acceptors (Lipinski definition) is 6. The van der Waals surface area contributed by atoms with Gasteiger partial charge in [0.1, 0.15) is 6.17 Å². The second-order valence-electron chi connectivity index (χ2n) is 9.76. The van der Waals surface area contributed by atoms with E-state index < -0.39 is 0 Å². The smallest absolute Gasteiger partial charge is 0.327 e. The van der Waals surface area contributed by atoms with Crippen LogP contribution in [-0.4, -0.2) is 62.3 Å². The Hall–Kier alpha value is -3.08. The molecule has 0 spiro atoms. The van der Waals surface area contributed by atoms with Crippen LogP contribution in [-0.2, 0) is 6.54 Å². The highest BCUT2D eigenvalue weighted by Crippen LogP contribution is 2.30. The molecule has 1 aromatic carbocycles. The number of nitrogens with zero attached hydrogens (tertiary/aromatic N) is 3. The molecule has 2 amide bonds. The molecule has 1 saturated heterocycles. The van der Waals surface area contributed by atoms with Crippen LogP contribution in [0.25, 0.3) is 0 Å². The van der Waals surface area contributed by atoms with Crippen molar-refractivity contribution in [1.82, 2.24) is 20.9 Å². The molecule has 1 aromatic rings. The molecule has 2 atom stereocenters. The highest BCUT2D eigenvalue weighted by Gasteiger charge is 2.34. The van der Waals surface area contributed by atoms with Gasteiger partial charge in [-0.15, -0.1) is 0 Å². The van der Waals surface area contributed by atoms with E-state index >= 15 is 0 Å². The predicted octanol–water partition coefficient (Wildman–Crippen LogP) is 1.12.